The van der Waals surface area contributed by atoms with Crippen LogP contribution >= 0.6 is 0 Å². The molecule has 0 aliphatic rings. The van der Waals surface area contributed by atoms with Gasteiger partial charge in [-0.25, -0.2) is 0 Å². The van der Waals surface area contributed by atoms with Crippen molar-refractivity contribution in [3.63, 3.8) is 0 Å². The first-order valence-corrected chi connectivity index (χ1v) is 8.62. The maximum atomic E-state index is 6.10. The average Bonchev–Trinajstić information content (AvgIpc) is 2.69. The molecule has 0 heterocycles. The van der Waals surface area contributed by atoms with Gasteiger partial charge in [-0.1, -0.05) is 72.8 Å². The normalized spacial score (nSPS) is 10.6. The van der Waals surface area contributed by atoms with Gasteiger partial charge in [0.1, 0.15) is 0 Å². The molecule has 26 heavy (non-hydrogen) atoms. The number of hydrogen-bond acceptors (Lipinski definition) is 2. The van der Waals surface area contributed by atoms with E-state index in [-0.39, 0.29) is 0 Å². The third kappa shape index (κ3) is 3.05. The molecular formula is C24H20N2. The predicted molar refractivity (Wildman–Crippen MR) is 112 cm³/mol. The molecule has 2 nitrogen and oxygen atoms in total. The van der Waals surface area contributed by atoms with E-state index in [4.69, 9.17) is 11.5 Å². The summed E-state index contributed by atoms with van der Waals surface area (Å²) in [6, 6.07) is 32.8. The Kier molecular flexibility index (Phi) is 4.16. The van der Waals surface area contributed by atoms with Crippen LogP contribution < -0.4 is 11.5 Å². The Hall–Kier alpha value is -3.52. The zero-order valence-electron chi connectivity index (χ0n) is 14.4. The van der Waals surface area contributed by atoms with Gasteiger partial charge >= 0.3 is 0 Å². The molecule has 4 N–H and O–H groups in total. The standard InChI is InChI=1S/C24H20N2/c25-19-11-13-21(23(15-19)17-7-3-1-4-8-17)22-14-12-20(26)16-24(22)18-9-5-2-6-10-18/h1-16H,25-26H2. The fourth-order valence-corrected chi connectivity index (χ4v) is 3.31. The molecule has 4 aromatic carbocycles. The van der Waals surface area contributed by atoms with Crippen molar-refractivity contribution < 1.29 is 0 Å². The van der Waals surface area contributed by atoms with Gasteiger partial charge < -0.3 is 11.5 Å². The highest BCUT2D eigenvalue weighted by Gasteiger charge is 2.13. The van der Waals surface area contributed by atoms with Gasteiger partial charge in [0.2, 0.25) is 0 Å². The lowest BCUT2D eigenvalue weighted by molar-refractivity contribution is 1.56. The third-order valence-electron chi connectivity index (χ3n) is 4.55. The molecule has 2 heteroatoms. The summed E-state index contributed by atoms with van der Waals surface area (Å²) in [7, 11) is 0. The molecule has 126 valence electrons. The number of anilines is 2. The van der Waals surface area contributed by atoms with Gasteiger partial charge in [0.05, 0.1) is 0 Å². The lowest BCUT2D eigenvalue weighted by Crippen LogP contribution is -1.93. The van der Waals surface area contributed by atoms with Gasteiger partial charge in [0.15, 0.2) is 0 Å². The Morgan fingerprint density at radius 2 is 0.769 bits per heavy atom. The van der Waals surface area contributed by atoms with Gasteiger partial charge in [-0.05, 0) is 57.6 Å². The lowest BCUT2D eigenvalue weighted by Gasteiger charge is -2.16. The number of nitrogens with two attached hydrogens (primary N) is 2. The van der Waals surface area contributed by atoms with Crippen LogP contribution in [0.1, 0.15) is 0 Å². The first-order valence-electron chi connectivity index (χ1n) is 8.62. The molecule has 0 aromatic heterocycles. The Bertz CT molecular complexity index is 951. The summed E-state index contributed by atoms with van der Waals surface area (Å²) in [6.07, 6.45) is 0. The molecular weight excluding hydrogens is 316 g/mol. The Labute approximate surface area is 153 Å². The van der Waals surface area contributed by atoms with E-state index < -0.39 is 0 Å². The van der Waals surface area contributed by atoms with Crippen LogP contribution in [0, 0.1) is 0 Å². The van der Waals surface area contributed by atoms with Gasteiger partial charge in [0.25, 0.3) is 0 Å². The average molecular weight is 336 g/mol. The molecule has 0 atom stereocenters. The summed E-state index contributed by atoms with van der Waals surface area (Å²) in [5, 5.41) is 0. The third-order valence-corrected chi connectivity index (χ3v) is 4.55. The fourth-order valence-electron chi connectivity index (χ4n) is 3.31. The lowest BCUT2D eigenvalue weighted by atomic mass is 9.89. The molecule has 0 aliphatic carbocycles. The molecule has 0 amide bonds. The molecule has 0 radical (unpaired) electrons. The highest BCUT2D eigenvalue weighted by molar-refractivity contribution is 5.93. The first-order chi connectivity index (χ1) is 12.7. The van der Waals surface area contributed by atoms with E-state index in [0.717, 1.165) is 44.8 Å². The van der Waals surface area contributed by atoms with E-state index in [9.17, 15) is 0 Å². The van der Waals surface area contributed by atoms with Crippen LogP contribution in [0.2, 0.25) is 0 Å². The molecule has 0 spiro atoms. The van der Waals surface area contributed by atoms with E-state index in [0.29, 0.717) is 0 Å². The molecule has 4 rings (SSSR count). The second-order valence-corrected chi connectivity index (χ2v) is 6.34. The molecule has 0 bridgehead atoms. The van der Waals surface area contributed by atoms with Crippen molar-refractivity contribution in [2.45, 2.75) is 0 Å². The summed E-state index contributed by atoms with van der Waals surface area (Å²) in [5.41, 5.74) is 20.5. The molecule has 0 aliphatic heterocycles. The zero-order chi connectivity index (χ0) is 17.9. The van der Waals surface area contributed by atoms with E-state index in [1.54, 1.807) is 0 Å². The van der Waals surface area contributed by atoms with Crippen LogP contribution in [0.4, 0.5) is 11.4 Å². The van der Waals surface area contributed by atoms with Crippen LogP contribution in [0.25, 0.3) is 33.4 Å². The molecule has 0 saturated heterocycles. The van der Waals surface area contributed by atoms with Crippen molar-refractivity contribution in [2.75, 3.05) is 11.5 Å². The van der Waals surface area contributed by atoms with Crippen molar-refractivity contribution in [3.8, 4) is 33.4 Å². The minimum absolute atomic E-state index is 0.754. The van der Waals surface area contributed by atoms with E-state index in [1.165, 1.54) is 0 Å². The van der Waals surface area contributed by atoms with Crippen molar-refractivity contribution in [1.29, 1.82) is 0 Å². The Morgan fingerprint density at radius 3 is 1.15 bits per heavy atom. The smallest absolute Gasteiger partial charge is 0.0320 e. The summed E-state index contributed by atoms with van der Waals surface area (Å²) in [4.78, 5) is 0. The van der Waals surface area contributed by atoms with Crippen molar-refractivity contribution in [3.05, 3.63) is 97.1 Å². The summed E-state index contributed by atoms with van der Waals surface area (Å²) >= 11 is 0. The molecule has 0 saturated carbocycles. The van der Waals surface area contributed by atoms with Gasteiger partial charge in [-0.15, -0.1) is 0 Å². The highest BCUT2D eigenvalue weighted by atomic mass is 14.5. The van der Waals surface area contributed by atoms with E-state index in [1.807, 2.05) is 60.7 Å². The zero-order valence-corrected chi connectivity index (χ0v) is 14.4. The minimum Gasteiger partial charge on any atom is -0.399 e. The minimum atomic E-state index is 0.754. The number of benzene rings is 4. The molecule has 0 unspecified atom stereocenters. The van der Waals surface area contributed by atoms with Crippen LogP contribution in [0.3, 0.4) is 0 Å². The molecule has 4 aromatic rings. The first kappa shape index (κ1) is 16.0. The quantitative estimate of drug-likeness (QED) is 0.461. The SMILES string of the molecule is Nc1ccc(-c2ccc(N)cc2-c2ccccc2)c(-c2ccccc2)c1. The van der Waals surface area contributed by atoms with E-state index in [2.05, 4.69) is 36.4 Å². The maximum absolute atomic E-state index is 6.10. The Morgan fingerprint density at radius 1 is 0.385 bits per heavy atom. The number of rotatable bonds is 3. The van der Waals surface area contributed by atoms with Crippen LogP contribution in [0.5, 0.6) is 0 Å². The molecule has 0 fully saturated rings. The number of nitrogen functional groups attached to an aromatic ring is 2. The van der Waals surface area contributed by atoms with Gasteiger partial charge in [0, 0.05) is 11.4 Å². The topological polar surface area (TPSA) is 52.0 Å². The van der Waals surface area contributed by atoms with Crippen molar-refractivity contribution in [2.24, 2.45) is 0 Å². The monoisotopic (exact) mass is 336 g/mol. The summed E-state index contributed by atoms with van der Waals surface area (Å²) in [6.45, 7) is 0. The van der Waals surface area contributed by atoms with Crippen LogP contribution in [0.15, 0.2) is 97.1 Å². The second kappa shape index (κ2) is 6.77. The highest BCUT2D eigenvalue weighted by Crippen LogP contribution is 2.39. The van der Waals surface area contributed by atoms with Crippen LogP contribution in [-0.4, -0.2) is 0 Å². The maximum Gasteiger partial charge on any atom is 0.0320 e. The summed E-state index contributed by atoms with van der Waals surface area (Å²) < 4.78 is 0. The fraction of sp³-hybridized carbons (Fsp3) is 0. The van der Waals surface area contributed by atoms with Crippen LogP contribution in [-0.2, 0) is 0 Å². The Balaban J connectivity index is 1.98. The van der Waals surface area contributed by atoms with Crippen molar-refractivity contribution >= 4 is 11.4 Å². The van der Waals surface area contributed by atoms with Gasteiger partial charge in [-0.2, -0.15) is 0 Å². The number of hydrogen-bond donors (Lipinski definition) is 2. The van der Waals surface area contributed by atoms with Crippen molar-refractivity contribution in [1.82, 2.24) is 0 Å². The predicted octanol–water partition coefficient (Wildman–Crippen LogP) is 5.85. The largest absolute Gasteiger partial charge is 0.399 e. The second-order valence-electron chi connectivity index (χ2n) is 6.34. The van der Waals surface area contributed by atoms with Gasteiger partial charge in [-0.3, -0.25) is 0 Å². The van der Waals surface area contributed by atoms with E-state index >= 15 is 0 Å². The summed E-state index contributed by atoms with van der Waals surface area (Å²) in [5.74, 6) is 0.